The first-order valence-corrected chi connectivity index (χ1v) is 5.91. The molecule has 0 spiro atoms. The molecule has 0 unspecified atom stereocenters. The highest BCUT2D eigenvalue weighted by Crippen LogP contribution is 2.43. The van der Waals surface area contributed by atoms with Gasteiger partial charge in [0.05, 0.1) is 5.41 Å². The number of aromatic nitrogens is 2. The molecule has 0 radical (unpaired) electrons. The van der Waals surface area contributed by atoms with Gasteiger partial charge >= 0.3 is 0 Å². The molecule has 2 N–H and O–H groups in total. The Bertz CT molecular complexity index is 479. The van der Waals surface area contributed by atoms with Crippen LogP contribution in [0, 0.1) is 0 Å². The summed E-state index contributed by atoms with van der Waals surface area (Å²) in [5, 5.41) is 0. The van der Waals surface area contributed by atoms with Gasteiger partial charge in [-0.2, -0.15) is 0 Å². The van der Waals surface area contributed by atoms with Crippen molar-refractivity contribution in [1.82, 2.24) is 9.97 Å². The van der Waals surface area contributed by atoms with Gasteiger partial charge < -0.3 is 5.73 Å². The third-order valence-electron chi connectivity index (χ3n) is 3.86. The Morgan fingerprint density at radius 2 is 2.18 bits per heavy atom. The molecule has 17 heavy (non-hydrogen) atoms. The van der Waals surface area contributed by atoms with Crippen LogP contribution in [0.5, 0.6) is 0 Å². The zero-order valence-corrected chi connectivity index (χ0v) is 10.1. The molecule has 0 aromatic carbocycles. The van der Waals surface area contributed by atoms with Gasteiger partial charge in [0.2, 0.25) is 5.91 Å². The van der Waals surface area contributed by atoms with Crippen molar-refractivity contribution in [2.45, 2.75) is 44.2 Å². The quantitative estimate of drug-likeness (QED) is 0.769. The summed E-state index contributed by atoms with van der Waals surface area (Å²) in [5.74, 6) is 0.886. The highest BCUT2D eigenvalue weighted by atomic mass is 16.2. The van der Waals surface area contributed by atoms with E-state index in [1.807, 2.05) is 18.7 Å². The Kier molecular flexibility index (Phi) is 2.04. The second-order valence-corrected chi connectivity index (χ2v) is 5.45. The van der Waals surface area contributed by atoms with Crippen LogP contribution in [0.25, 0.3) is 0 Å². The van der Waals surface area contributed by atoms with Crippen molar-refractivity contribution in [1.29, 1.82) is 0 Å². The summed E-state index contributed by atoms with van der Waals surface area (Å²) in [6.45, 7) is 3.85. The Morgan fingerprint density at radius 1 is 1.47 bits per heavy atom. The second kappa shape index (κ2) is 3.26. The average molecular weight is 232 g/mol. The Balaban J connectivity index is 2.04. The Morgan fingerprint density at radius 3 is 2.82 bits per heavy atom. The van der Waals surface area contributed by atoms with Crippen molar-refractivity contribution in [3.05, 3.63) is 18.1 Å². The van der Waals surface area contributed by atoms with Crippen molar-refractivity contribution in [3.63, 3.8) is 0 Å². The monoisotopic (exact) mass is 232 g/mol. The lowest BCUT2D eigenvalue weighted by Gasteiger charge is -2.39. The summed E-state index contributed by atoms with van der Waals surface area (Å²) >= 11 is 0. The summed E-state index contributed by atoms with van der Waals surface area (Å²) in [6.07, 6.45) is 4.98. The number of carbonyl (C=O) groups is 1. The lowest BCUT2D eigenvalue weighted by molar-refractivity contribution is -0.122. The van der Waals surface area contributed by atoms with Crippen LogP contribution in [0.3, 0.4) is 0 Å². The highest BCUT2D eigenvalue weighted by Gasteiger charge is 2.49. The minimum atomic E-state index is -0.518. The van der Waals surface area contributed by atoms with Crippen LogP contribution in [0.15, 0.2) is 12.5 Å². The van der Waals surface area contributed by atoms with Gasteiger partial charge in [-0.15, -0.1) is 0 Å². The number of hydrogen-bond donors (Lipinski definition) is 1. The molecule has 1 fully saturated rings. The zero-order chi connectivity index (χ0) is 12.2. The second-order valence-electron chi connectivity index (χ2n) is 5.45. The molecule has 0 atom stereocenters. The van der Waals surface area contributed by atoms with E-state index in [1.54, 1.807) is 6.20 Å². The fraction of sp³-hybridized carbons (Fsp3) is 0.583. The van der Waals surface area contributed by atoms with E-state index < -0.39 is 5.41 Å². The third-order valence-corrected chi connectivity index (χ3v) is 3.86. The van der Waals surface area contributed by atoms with Gasteiger partial charge in [0.1, 0.15) is 12.1 Å². The first-order chi connectivity index (χ1) is 8.01. The molecule has 2 aliphatic rings. The molecule has 1 saturated carbocycles. The van der Waals surface area contributed by atoms with Crippen molar-refractivity contribution in [3.8, 4) is 0 Å². The van der Waals surface area contributed by atoms with Gasteiger partial charge in [0, 0.05) is 23.8 Å². The lowest BCUT2D eigenvalue weighted by Crippen LogP contribution is -2.53. The summed E-state index contributed by atoms with van der Waals surface area (Å²) < 4.78 is 0. The zero-order valence-electron chi connectivity index (χ0n) is 10.1. The number of rotatable bonds is 1. The SMILES string of the molecule is CC1(C)C(=O)N(C2CC(N)C2)c2ncncc21. The largest absolute Gasteiger partial charge is 0.328 e. The van der Waals surface area contributed by atoms with Crippen molar-refractivity contribution in [2.24, 2.45) is 5.73 Å². The molecule has 1 aliphatic carbocycles. The van der Waals surface area contributed by atoms with E-state index in [0.29, 0.717) is 0 Å². The predicted molar refractivity (Wildman–Crippen MR) is 63.5 cm³/mol. The maximum absolute atomic E-state index is 12.4. The summed E-state index contributed by atoms with van der Waals surface area (Å²) in [4.78, 5) is 22.6. The smallest absolute Gasteiger partial charge is 0.238 e. The minimum absolute atomic E-state index is 0.116. The van der Waals surface area contributed by atoms with Gasteiger partial charge in [0.25, 0.3) is 0 Å². The third kappa shape index (κ3) is 1.32. The van der Waals surface area contributed by atoms with Crippen LogP contribution in [-0.2, 0) is 10.2 Å². The summed E-state index contributed by atoms with van der Waals surface area (Å²) in [6, 6.07) is 0.440. The standard InChI is InChI=1S/C12H16N4O/c1-12(2)9-5-14-6-15-10(9)16(11(12)17)8-3-7(13)4-8/h5-8H,3-4,13H2,1-2H3. The minimum Gasteiger partial charge on any atom is -0.328 e. The van der Waals surface area contributed by atoms with Crippen LogP contribution < -0.4 is 10.6 Å². The lowest BCUT2D eigenvalue weighted by atomic mass is 9.85. The Labute approximate surface area is 100 Å². The molecule has 90 valence electrons. The molecule has 1 aromatic rings. The summed E-state index contributed by atoms with van der Waals surface area (Å²) in [5.41, 5.74) is 6.20. The van der Waals surface area contributed by atoms with E-state index in [9.17, 15) is 4.79 Å². The number of carbonyl (C=O) groups excluding carboxylic acids is 1. The van der Waals surface area contributed by atoms with Crippen LogP contribution >= 0.6 is 0 Å². The molecule has 0 bridgehead atoms. The molecular weight excluding hydrogens is 216 g/mol. The fourth-order valence-corrected chi connectivity index (χ4v) is 2.65. The Hall–Kier alpha value is -1.49. The first-order valence-electron chi connectivity index (χ1n) is 5.91. The number of amides is 1. The fourth-order valence-electron chi connectivity index (χ4n) is 2.65. The van der Waals surface area contributed by atoms with Gasteiger partial charge in [-0.05, 0) is 26.7 Å². The van der Waals surface area contributed by atoms with Crippen molar-refractivity contribution >= 4 is 11.7 Å². The maximum atomic E-state index is 12.4. The van der Waals surface area contributed by atoms with Crippen LogP contribution in [-0.4, -0.2) is 28.0 Å². The molecule has 2 heterocycles. The summed E-state index contributed by atoms with van der Waals surface area (Å²) in [7, 11) is 0. The molecule has 1 aliphatic heterocycles. The number of anilines is 1. The number of nitrogens with zero attached hydrogens (tertiary/aromatic N) is 3. The maximum Gasteiger partial charge on any atom is 0.238 e. The van der Waals surface area contributed by atoms with E-state index in [-0.39, 0.29) is 18.0 Å². The average Bonchev–Trinajstić information content (AvgIpc) is 2.45. The van der Waals surface area contributed by atoms with Gasteiger partial charge in [-0.3, -0.25) is 9.69 Å². The van der Waals surface area contributed by atoms with Crippen molar-refractivity contribution in [2.75, 3.05) is 4.90 Å². The molecule has 0 saturated heterocycles. The van der Waals surface area contributed by atoms with E-state index in [0.717, 1.165) is 24.2 Å². The molecule has 5 heteroatoms. The topological polar surface area (TPSA) is 72.1 Å². The van der Waals surface area contributed by atoms with E-state index >= 15 is 0 Å². The molecular formula is C12H16N4O. The van der Waals surface area contributed by atoms with Crippen molar-refractivity contribution < 1.29 is 4.79 Å². The first kappa shape index (κ1) is 10.7. The number of hydrogen-bond acceptors (Lipinski definition) is 4. The number of nitrogens with two attached hydrogens (primary N) is 1. The molecule has 1 amide bonds. The van der Waals surface area contributed by atoms with Gasteiger partial charge in [0.15, 0.2) is 0 Å². The normalized spacial score (nSPS) is 30.1. The molecule has 5 nitrogen and oxygen atoms in total. The van der Waals surface area contributed by atoms with Crippen LogP contribution in [0.2, 0.25) is 0 Å². The highest BCUT2D eigenvalue weighted by molar-refractivity contribution is 6.06. The van der Waals surface area contributed by atoms with Crippen LogP contribution in [0.4, 0.5) is 5.82 Å². The molecule has 1 aromatic heterocycles. The predicted octanol–water partition coefficient (Wildman–Crippen LogP) is 0.590. The van der Waals surface area contributed by atoms with Gasteiger partial charge in [-0.25, -0.2) is 9.97 Å². The van der Waals surface area contributed by atoms with E-state index in [4.69, 9.17) is 5.73 Å². The van der Waals surface area contributed by atoms with Gasteiger partial charge in [-0.1, -0.05) is 0 Å². The van der Waals surface area contributed by atoms with E-state index in [2.05, 4.69) is 9.97 Å². The van der Waals surface area contributed by atoms with E-state index in [1.165, 1.54) is 6.33 Å². The number of fused-ring (bicyclic) bond motifs is 1. The van der Waals surface area contributed by atoms with Crippen LogP contribution in [0.1, 0.15) is 32.3 Å². The molecule has 3 rings (SSSR count).